The van der Waals surface area contributed by atoms with Crippen LogP contribution in [0.5, 0.6) is 5.75 Å². The molecule has 5 rings (SSSR count). The molecule has 9 heteroatoms. The van der Waals surface area contributed by atoms with Crippen molar-refractivity contribution in [3.63, 3.8) is 0 Å². The van der Waals surface area contributed by atoms with Gasteiger partial charge in [0.05, 0.1) is 16.6 Å². The number of carboxylic acid groups (broad SMARTS) is 1. The number of ether oxygens (including phenoxy) is 1. The predicted molar refractivity (Wildman–Crippen MR) is 127 cm³/mol. The SMILES string of the molecule is O=C(O)C[C@@H](c1ccc(OCc2ccc3c(Br)c(-c4ccccc4)nn3n2)cc1)c1ccon1. The maximum absolute atomic E-state index is 11.3. The standard InChI is InChI=1S/C25H19BrN4O4/c26-24-22-11-8-18(27-30(22)28-25(24)17-4-2-1-3-5-17)15-33-19-9-6-16(7-10-19)20(14-23(31)32)21-12-13-34-29-21/h1-13,20H,14-15H2,(H,31,32)/t20-/m0/s1. The highest BCUT2D eigenvalue weighted by Gasteiger charge is 2.20. The molecule has 0 radical (unpaired) electrons. The van der Waals surface area contributed by atoms with E-state index in [1.54, 1.807) is 22.8 Å². The van der Waals surface area contributed by atoms with E-state index in [4.69, 9.17) is 9.26 Å². The lowest BCUT2D eigenvalue weighted by molar-refractivity contribution is -0.137. The number of halogens is 1. The van der Waals surface area contributed by atoms with Gasteiger partial charge in [-0.05, 0) is 45.8 Å². The zero-order valence-electron chi connectivity index (χ0n) is 17.8. The Hall–Kier alpha value is -3.98. The van der Waals surface area contributed by atoms with Crippen LogP contribution in [-0.2, 0) is 11.4 Å². The van der Waals surface area contributed by atoms with E-state index >= 15 is 0 Å². The third-order valence-corrected chi connectivity index (χ3v) is 6.19. The molecule has 0 amide bonds. The summed E-state index contributed by atoms with van der Waals surface area (Å²) >= 11 is 3.63. The van der Waals surface area contributed by atoms with Gasteiger partial charge in [-0.2, -0.15) is 5.10 Å². The first kappa shape index (κ1) is 21.8. The van der Waals surface area contributed by atoms with Gasteiger partial charge >= 0.3 is 5.97 Å². The molecule has 5 aromatic rings. The van der Waals surface area contributed by atoms with Crippen molar-refractivity contribution in [1.82, 2.24) is 20.0 Å². The normalized spacial score (nSPS) is 12.0. The topological polar surface area (TPSA) is 103 Å². The molecular formula is C25H19BrN4O4. The van der Waals surface area contributed by atoms with Crippen LogP contribution in [0.15, 0.2) is 88.1 Å². The molecule has 34 heavy (non-hydrogen) atoms. The van der Waals surface area contributed by atoms with Gasteiger partial charge in [0.15, 0.2) is 0 Å². The number of hydrogen-bond acceptors (Lipinski definition) is 6. The number of carboxylic acids is 1. The highest BCUT2D eigenvalue weighted by atomic mass is 79.9. The largest absolute Gasteiger partial charge is 0.487 e. The Kier molecular flexibility index (Phi) is 6.09. The van der Waals surface area contributed by atoms with Crippen LogP contribution in [0.2, 0.25) is 0 Å². The molecule has 0 fully saturated rings. The van der Waals surface area contributed by atoms with Crippen molar-refractivity contribution in [2.75, 3.05) is 0 Å². The highest BCUT2D eigenvalue weighted by Crippen LogP contribution is 2.31. The van der Waals surface area contributed by atoms with Gasteiger partial charge in [-0.3, -0.25) is 4.79 Å². The number of fused-ring (bicyclic) bond motifs is 1. The number of aliphatic carboxylic acids is 1. The fourth-order valence-electron chi connectivity index (χ4n) is 3.73. The smallest absolute Gasteiger partial charge is 0.304 e. The minimum atomic E-state index is -0.907. The van der Waals surface area contributed by atoms with Crippen molar-refractivity contribution in [3.8, 4) is 17.0 Å². The van der Waals surface area contributed by atoms with Crippen molar-refractivity contribution >= 4 is 27.4 Å². The van der Waals surface area contributed by atoms with E-state index in [1.807, 2.05) is 54.6 Å². The van der Waals surface area contributed by atoms with Crippen LogP contribution in [0.1, 0.15) is 29.3 Å². The van der Waals surface area contributed by atoms with Crippen LogP contribution >= 0.6 is 15.9 Å². The number of carbonyl (C=O) groups is 1. The van der Waals surface area contributed by atoms with Crippen molar-refractivity contribution < 1.29 is 19.2 Å². The maximum Gasteiger partial charge on any atom is 0.304 e. The quantitative estimate of drug-likeness (QED) is 0.296. The van der Waals surface area contributed by atoms with Gasteiger partial charge in [-0.25, -0.2) is 0 Å². The molecule has 0 saturated carbocycles. The van der Waals surface area contributed by atoms with Crippen LogP contribution in [0.3, 0.4) is 0 Å². The summed E-state index contributed by atoms with van der Waals surface area (Å²) in [6.07, 6.45) is 1.35. The van der Waals surface area contributed by atoms with Crippen molar-refractivity contribution in [1.29, 1.82) is 0 Å². The van der Waals surface area contributed by atoms with E-state index in [-0.39, 0.29) is 13.0 Å². The highest BCUT2D eigenvalue weighted by molar-refractivity contribution is 9.10. The Balaban J connectivity index is 1.31. The van der Waals surface area contributed by atoms with E-state index in [2.05, 4.69) is 31.3 Å². The van der Waals surface area contributed by atoms with Crippen LogP contribution in [0.4, 0.5) is 0 Å². The van der Waals surface area contributed by atoms with Gasteiger partial charge in [0.25, 0.3) is 0 Å². The Morgan fingerprint density at radius 2 is 1.82 bits per heavy atom. The Bertz CT molecular complexity index is 1420. The zero-order valence-corrected chi connectivity index (χ0v) is 19.4. The first-order valence-corrected chi connectivity index (χ1v) is 11.3. The Morgan fingerprint density at radius 1 is 1.03 bits per heavy atom. The van der Waals surface area contributed by atoms with Crippen LogP contribution in [0, 0.1) is 0 Å². The van der Waals surface area contributed by atoms with Crippen LogP contribution in [-0.4, -0.2) is 31.1 Å². The van der Waals surface area contributed by atoms with Gasteiger partial charge in [0.1, 0.15) is 35.5 Å². The molecule has 0 saturated heterocycles. The summed E-state index contributed by atoms with van der Waals surface area (Å²) in [4.78, 5) is 11.3. The molecule has 0 bridgehead atoms. The number of rotatable bonds is 8. The molecule has 0 spiro atoms. The van der Waals surface area contributed by atoms with Crippen molar-refractivity contribution in [3.05, 3.63) is 100 Å². The lowest BCUT2D eigenvalue weighted by atomic mass is 9.92. The van der Waals surface area contributed by atoms with Gasteiger partial charge < -0.3 is 14.4 Å². The van der Waals surface area contributed by atoms with E-state index in [9.17, 15) is 9.90 Å². The molecule has 0 aliphatic carbocycles. The lowest BCUT2D eigenvalue weighted by Crippen LogP contribution is -2.08. The summed E-state index contributed by atoms with van der Waals surface area (Å²) in [5.41, 5.74) is 4.81. The molecule has 0 aliphatic heterocycles. The van der Waals surface area contributed by atoms with Gasteiger partial charge in [-0.15, -0.1) is 9.73 Å². The third kappa shape index (κ3) is 4.55. The van der Waals surface area contributed by atoms with Gasteiger partial charge in [0.2, 0.25) is 0 Å². The zero-order chi connectivity index (χ0) is 23.5. The molecule has 1 N–H and O–H groups in total. The second kappa shape index (κ2) is 9.48. The first-order chi connectivity index (χ1) is 16.6. The average Bonchev–Trinajstić information content (AvgIpc) is 3.50. The predicted octanol–water partition coefficient (Wildman–Crippen LogP) is 5.33. The number of aromatic nitrogens is 4. The summed E-state index contributed by atoms with van der Waals surface area (Å²) < 4.78 is 13.3. The molecule has 2 aromatic carbocycles. The van der Waals surface area contributed by atoms with E-state index in [0.717, 1.165) is 32.5 Å². The summed E-state index contributed by atoms with van der Waals surface area (Å²) in [5.74, 6) is -0.659. The molecule has 170 valence electrons. The number of benzene rings is 2. The average molecular weight is 519 g/mol. The summed E-state index contributed by atoms with van der Waals surface area (Å²) in [6, 6.07) is 22.7. The lowest BCUT2D eigenvalue weighted by Gasteiger charge is -2.13. The number of hydrogen-bond donors (Lipinski definition) is 1. The third-order valence-electron chi connectivity index (χ3n) is 5.41. The van der Waals surface area contributed by atoms with E-state index < -0.39 is 11.9 Å². The summed E-state index contributed by atoms with van der Waals surface area (Å²) in [7, 11) is 0. The molecular weight excluding hydrogens is 500 g/mol. The van der Waals surface area contributed by atoms with Crippen LogP contribution < -0.4 is 4.74 Å². The molecule has 0 unspecified atom stereocenters. The molecule has 3 aromatic heterocycles. The minimum Gasteiger partial charge on any atom is -0.487 e. The molecule has 0 aliphatic rings. The van der Waals surface area contributed by atoms with Gasteiger partial charge in [0, 0.05) is 17.5 Å². The first-order valence-electron chi connectivity index (χ1n) is 10.5. The minimum absolute atomic E-state index is 0.0823. The Labute approximate surface area is 202 Å². The fourth-order valence-corrected chi connectivity index (χ4v) is 4.33. The fraction of sp³-hybridized carbons (Fsp3) is 0.120. The summed E-state index contributed by atoms with van der Waals surface area (Å²) in [6.45, 7) is 0.259. The Morgan fingerprint density at radius 3 is 2.53 bits per heavy atom. The van der Waals surface area contributed by atoms with Crippen LogP contribution in [0.25, 0.3) is 16.8 Å². The monoisotopic (exact) mass is 518 g/mol. The van der Waals surface area contributed by atoms with Crippen molar-refractivity contribution in [2.45, 2.75) is 18.9 Å². The van der Waals surface area contributed by atoms with Gasteiger partial charge in [-0.1, -0.05) is 47.6 Å². The maximum atomic E-state index is 11.3. The molecule has 1 atom stereocenters. The van der Waals surface area contributed by atoms with Crippen molar-refractivity contribution in [2.24, 2.45) is 0 Å². The number of nitrogens with zero attached hydrogens (tertiary/aromatic N) is 4. The van der Waals surface area contributed by atoms with E-state index in [1.165, 1.54) is 6.26 Å². The molecule has 8 nitrogen and oxygen atoms in total. The summed E-state index contributed by atoms with van der Waals surface area (Å²) in [5, 5.41) is 22.4. The molecule has 3 heterocycles. The second-order valence-electron chi connectivity index (χ2n) is 7.66. The van der Waals surface area contributed by atoms with E-state index in [0.29, 0.717) is 11.4 Å². The second-order valence-corrected chi connectivity index (χ2v) is 8.45.